The zero-order valence-corrected chi connectivity index (χ0v) is 12.6. The van der Waals surface area contributed by atoms with E-state index >= 15 is 0 Å². The lowest BCUT2D eigenvalue weighted by atomic mass is 10.2. The SMILES string of the molecule is Cc1ccc(C(=O)Nc2cc(Cl)ccc2N(C)C)s1. The van der Waals surface area contributed by atoms with Crippen LogP contribution in [0.3, 0.4) is 0 Å². The highest BCUT2D eigenvalue weighted by Gasteiger charge is 2.12. The van der Waals surface area contributed by atoms with Crippen LogP contribution in [0, 0.1) is 6.92 Å². The van der Waals surface area contributed by atoms with Gasteiger partial charge in [0.15, 0.2) is 0 Å². The predicted molar refractivity (Wildman–Crippen MR) is 82.8 cm³/mol. The lowest BCUT2D eigenvalue weighted by Crippen LogP contribution is -2.16. The third-order valence-electron chi connectivity index (χ3n) is 2.65. The Bertz CT molecular complexity index is 607. The fraction of sp³-hybridized carbons (Fsp3) is 0.214. The minimum absolute atomic E-state index is 0.108. The molecule has 0 aliphatic heterocycles. The topological polar surface area (TPSA) is 32.3 Å². The Morgan fingerprint density at radius 2 is 2.00 bits per heavy atom. The summed E-state index contributed by atoms with van der Waals surface area (Å²) in [5.41, 5.74) is 1.64. The van der Waals surface area contributed by atoms with E-state index in [4.69, 9.17) is 11.6 Å². The molecule has 0 fully saturated rings. The van der Waals surface area contributed by atoms with Gasteiger partial charge in [-0.1, -0.05) is 11.6 Å². The smallest absolute Gasteiger partial charge is 0.265 e. The normalized spacial score (nSPS) is 10.3. The molecule has 1 amide bonds. The Morgan fingerprint density at radius 1 is 1.26 bits per heavy atom. The summed E-state index contributed by atoms with van der Waals surface area (Å²) in [5.74, 6) is -0.108. The summed E-state index contributed by atoms with van der Waals surface area (Å²) in [6.07, 6.45) is 0. The summed E-state index contributed by atoms with van der Waals surface area (Å²) in [6, 6.07) is 9.22. The molecule has 0 aliphatic carbocycles. The summed E-state index contributed by atoms with van der Waals surface area (Å²) < 4.78 is 0. The fourth-order valence-corrected chi connectivity index (χ4v) is 2.67. The molecule has 0 bridgehead atoms. The summed E-state index contributed by atoms with van der Waals surface area (Å²) in [7, 11) is 3.85. The van der Waals surface area contributed by atoms with Crippen LogP contribution in [0.25, 0.3) is 0 Å². The third-order valence-corrected chi connectivity index (χ3v) is 3.89. The Labute approximate surface area is 121 Å². The Morgan fingerprint density at radius 3 is 2.58 bits per heavy atom. The van der Waals surface area contributed by atoms with E-state index in [9.17, 15) is 4.79 Å². The second kappa shape index (κ2) is 5.63. The van der Waals surface area contributed by atoms with Crippen molar-refractivity contribution < 1.29 is 4.79 Å². The molecule has 0 atom stereocenters. The zero-order valence-electron chi connectivity index (χ0n) is 11.0. The van der Waals surface area contributed by atoms with Gasteiger partial charge in [0, 0.05) is 24.0 Å². The van der Waals surface area contributed by atoms with Crippen LogP contribution in [-0.4, -0.2) is 20.0 Å². The Kier molecular flexibility index (Phi) is 4.12. The van der Waals surface area contributed by atoms with Crippen molar-refractivity contribution in [2.24, 2.45) is 0 Å². The number of nitrogens with one attached hydrogen (secondary N) is 1. The van der Waals surface area contributed by atoms with E-state index in [1.807, 2.05) is 50.2 Å². The first kappa shape index (κ1) is 13.9. The number of nitrogens with zero attached hydrogens (tertiary/aromatic N) is 1. The Hall–Kier alpha value is -1.52. The maximum atomic E-state index is 12.2. The molecule has 0 aliphatic rings. The van der Waals surface area contributed by atoms with Crippen LogP contribution >= 0.6 is 22.9 Å². The van der Waals surface area contributed by atoms with Gasteiger partial charge in [-0.2, -0.15) is 0 Å². The molecule has 0 spiro atoms. The molecular weight excluding hydrogens is 280 g/mol. The zero-order chi connectivity index (χ0) is 14.0. The first-order valence-electron chi connectivity index (χ1n) is 5.82. The number of rotatable bonds is 3. The van der Waals surface area contributed by atoms with Crippen LogP contribution in [0.15, 0.2) is 30.3 Å². The lowest BCUT2D eigenvalue weighted by Gasteiger charge is -2.18. The fourth-order valence-electron chi connectivity index (χ4n) is 1.74. The molecule has 0 saturated carbocycles. The molecular formula is C14H15ClN2OS. The number of carbonyl (C=O) groups excluding carboxylic acids is 1. The Balaban J connectivity index is 2.27. The first-order valence-corrected chi connectivity index (χ1v) is 7.01. The first-order chi connectivity index (χ1) is 8.97. The summed E-state index contributed by atoms with van der Waals surface area (Å²) in [4.78, 5) is 15.9. The average molecular weight is 295 g/mol. The maximum Gasteiger partial charge on any atom is 0.265 e. The van der Waals surface area contributed by atoms with Gasteiger partial charge < -0.3 is 10.2 Å². The average Bonchev–Trinajstić information content (AvgIpc) is 2.75. The van der Waals surface area contributed by atoms with Crippen LogP contribution < -0.4 is 10.2 Å². The van der Waals surface area contributed by atoms with Crippen LogP contribution in [0.5, 0.6) is 0 Å². The number of hydrogen-bond acceptors (Lipinski definition) is 3. The highest BCUT2D eigenvalue weighted by molar-refractivity contribution is 7.14. The number of carbonyl (C=O) groups is 1. The van der Waals surface area contributed by atoms with E-state index in [-0.39, 0.29) is 5.91 Å². The maximum absolute atomic E-state index is 12.2. The number of benzene rings is 1. The van der Waals surface area contributed by atoms with Crippen molar-refractivity contribution in [1.82, 2.24) is 0 Å². The number of anilines is 2. The molecule has 0 unspecified atom stereocenters. The van der Waals surface area contributed by atoms with Crippen LogP contribution in [0.1, 0.15) is 14.5 Å². The number of aryl methyl sites for hydroxylation is 1. The van der Waals surface area contributed by atoms with Gasteiger partial charge in [-0.3, -0.25) is 4.79 Å². The van der Waals surface area contributed by atoms with E-state index < -0.39 is 0 Å². The van der Waals surface area contributed by atoms with Gasteiger partial charge in [0.2, 0.25) is 0 Å². The van der Waals surface area contributed by atoms with Crippen molar-refractivity contribution in [3.63, 3.8) is 0 Å². The molecule has 5 heteroatoms. The van der Waals surface area contributed by atoms with Crippen molar-refractivity contribution in [3.8, 4) is 0 Å². The van der Waals surface area contributed by atoms with E-state index in [2.05, 4.69) is 5.32 Å². The van der Waals surface area contributed by atoms with Gasteiger partial charge in [0.25, 0.3) is 5.91 Å². The molecule has 1 N–H and O–H groups in total. The second-order valence-electron chi connectivity index (χ2n) is 4.42. The highest BCUT2D eigenvalue weighted by Crippen LogP contribution is 2.28. The van der Waals surface area contributed by atoms with Crippen molar-refractivity contribution in [2.45, 2.75) is 6.92 Å². The predicted octanol–water partition coefficient (Wildman–Crippen LogP) is 4.03. The quantitative estimate of drug-likeness (QED) is 0.927. The second-order valence-corrected chi connectivity index (χ2v) is 6.14. The van der Waals surface area contributed by atoms with Crippen LogP contribution in [-0.2, 0) is 0 Å². The number of thiophene rings is 1. The molecule has 1 heterocycles. The standard InChI is InChI=1S/C14H15ClN2OS/c1-9-4-7-13(19-9)14(18)16-11-8-10(15)5-6-12(11)17(2)3/h4-8H,1-3H3,(H,16,18). The molecule has 1 aromatic heterocycles. The number of hydrogen-bond donors (Lipinski definition) is 1. The van der Waals surface area contributed by atoms with Crippen molar-refractivity contribution in [1.29, 1.82) is 0 Å². The number of amides is 1. The van der Waals surface area contributed by atoms with E-state index in [1.165, 1.54) is 11.3 Å². The molecule has 1 aromatic carbocycles. The summed E-state index contributed by atoms with van der Waals surface area (Å²) in [6.45, 7) is 1.98. The van der Waals surface area contributed by atoms with E-state index in [0.717, 1.165) is 10.6 Å². The van der Waals surface area contributed by atoms with Crippen molar-refractivity contribution >= 4 is 40.2 Å². The monoisotopic (exact) mass is 294 g/mol. The van der Waals surface area contributed by atoms with Crippen molar-refractivity contribution in [3.05, 3.63) is 45.1 Å². The van der Waals surface area contributed by atoms with Crippen LogP contribution in [0.2, 0.25) is 5.02 Å². The van der Waals surface area contributed by atoms with Gasteiger partial charge in [-0.05, 0) is 37.3 Å². The summed E-state index contributed by atoms with van der Waals surface area (Å²) in [5, 5.41) is 3.51. The molecule has 0 saturated heterocycles. The lowest BCUT2D eigenvalue weighted by molar-refractivity contribution is 0.103. The van der Waals surface area contributed by atoms with Crippen LogP contribution in [0.4, 0.5) is 11.4 Å². The largest absolute Gasteiger partial charge is 0.376 e. The minimum atomic E-state index is -0.108. The highest BCUT2D eigenvalue weighted by atomic mass is 35.5. The van der Waals surface area contributed by atoms with E-state index in [0.29, 0.717) is 15.6 Å². The summed E-state index contributed by atoms with van der Waals surface area (Å²) >= 11 is 7.46. The molecule has 2 aromatic rings. The van der Waals surface area contributed by atoms with Gasteiger partial charge in [-0.15, -0.1) is 11.3 Å². The van der Waals surface area contributed by atoms with E-state index in [1.54, 1.807) is 6.07 Å². The third kappa shape index (κ3) is 3.28. The molecule has 0 radical (unpaired) electrons. The molecule has 100 valence electrons. The van der Waals surface area contributed by atoms with Gasteiger partial charge >= 0.3 is 0 Å². The van der Waals surface area contributed by atoms with Crippen molar-refractivity contribution in [2.75, 3.05) is 24.3 Å². The minimum Gasteiger partial charge on any atom is -0.376 e. The van der Waals surface area contributed by atoms with Gasteiger partial charge in [0.05, 0.1) is 16.3 Å². The van der Waals surface area contributed by atoms with Gasteiger partial charge in [-0.25, -0.2) is 0 Å². The molecule has 3 nitrogen and oxygen atoms in total. The van der Waals surface area contributed by atoms with Gasteiger partial charge in [0.1, 0.15) is 0 Å². The molecule has 19 heavy (non-hydrogen) atoms. The number of halogens is 1. The molecule has 2 rings (SSSR count).